The molecule has 6 heteroatoms. The number of benzene rings is 1. The van der Waals surface area contributed by atoms with E-state index < -0.39 is 29.7 Å². The lowest BCUT2D eigenvalue weighted by Crippen LogP contribution is -2.52. The summed E-state index contributed by atoms with van der Waals surface area (Å²) in [5.41, 5.74) is 0.332. The molecule has 27 heavy (non-hydrogen) atoms. The number of ether oxygens (including phenoxy) is 1. The minimum absolute atomic E-state index is 0.193. The molecule has 0 aliphatic heterocycles. The number of alkyl carbamates (subject to hydrolysis) is 1. The molecule has 0 heterocycles. The second-order valence-electron chi connectivity index (χ2n) is 7.72. The number of aliphatic hydroxyl groups excluding tert-OH is 1. The summed E-state index contributed by atoms with van der Waals surface area (Å²) in [5.74, 6) is -0.497. The van der Waals surface area contributed by atoms with Crippen molar-refractivity contribution in [1.29, 1.82) is 0 Å². The van der Waals surface area contributed by atoms with E-state index in [0.29, 0.717) is 12.8 Å². The number of unbranched alkanes of at least 4 members (excludes halogenated alkanes) is 1. The van der Waals surface area contributed by atoms with Gasteiger partial charge in [0.05, 0.1) is 12.1 Å². The summed E-state index contributed by atoms with van der Waals surface area (Å²) in [6.45, 7) is 9.28. The van der Waals surface area contributed by atoms with Crippen molar-refractivity contribution < 1.29 is 19.4 Å². The molecule has 0 bridgehead atoms. The molecule has 0 fully saturated rings. The molecule has 0 radical (unpaired) electrons. The number of amides is 2. The molecule has 0 aromatic heterocycles. The predicted octanol–water partition coefficient (Wildman–Crippen LogP) is 3.70. The average Bonchev–Trinajstić information content (AvgIpc) is 2.61. The van der Waals surface area contributed by atoms with Gasteiger partial charge in [-0.15, -0.1) is 0 Å². The van der Waals surface area contributed by atoms with E-state index in [0.717, 1.165) is 18.4 Å². The smallest absolute Gasteiger partial charge is 0.407 e. The molecule has 3 atom stereocenters. The number of nitrogens with one attached hydrogen (secondary N) is 2. The first kappa shape index (κ1) is 23.0. The summed E-state index contributed by atoms with van der Waals surface area (Å²) in [4.78, 5) is 24.7. The van der Waals surface area contributed by atoms with Crippen molar-refractivity contribution >= 4 is 12.0 Å². The Bertz CT molecular complexity index is 584. The van der Waals surface area contributed by atoms with Crippen LogP contribution in [0.2, 0.25) is 0 Å². The first-order valence-corrected chi connectivity index (χ1v) is 9.70. The van der Waals surface area contributed by atoms with Crippen molar-refractivity contribution in [3.63, 3.8) is 0 Å². The normalized spacial score (nSPS) is 14.7. The molecule has 0 saturated carbocycles. The highest BCUT2D eigenvalue weighted by Gasteiger charge is 2.30. The van der Waals surface area contributed by atoms with Gasteiger partial charge in [0.2, 0.25) is 0 Å². The van der Waals surface area contributed by atoms with Crippen LogP contribution >= 0.6 is 0 Å². The summed E-state index contributed by atoms with van der Waals surface area (Å²) in [7, 11) is 0. The second-order valence-corrected chi connectivity index (χ2v) is 7.72. The van der Waals surface area contributed by atoms with Gasteiger partial charge in [-0.1, -0.05) is 57.0 Å². The zero-order valence-electron chi connectivity index (χ0n) is 17.1. The van der Waals surface area contributed by atoms with Crippen LogP contribution in [0.5, 0.6) is 0 Å². The molecule has 6 nitrogen and oxygen atoms in total. The van der Waals surface area contributed by atoms with Crippen molar-refractivity contribution in [1.82, 2.24) is 10.6 Å². The quantitative estimate of drug-likeness (QED) is 0.611. The summed E-state index contributed by atoms with van der Waals surface area (Å²) in [6.07, 6.45) is 0.879. The number of rotatable bonds is 9. The van der Waals surface area contributed by atoms with Gasteiger partial charge < -0.3 is 20.5 Å². The van der Waals surface area contributed by atoms with E-state index in [-0.39, 0.29) is 6.04 Å². The number of hydrogen-bond donors (Lipinski definition) is 3. The van der Waals surface area contributed by atoms with Crippen molar-refractivity contribution in [2.24, 2.45) is 0 Å². The van der Waals surface area contributed by atoms with E-state index in [2.05, 4.69) is 10.6 Å². The fourth-order valence-corrected chi connectivity index (χ4v) is 2.74. The van der Waals surface area contributed by atoms with Crippen LogP contribution in [-0.4, -0.2) is 34.9 Å². The zero-order valence-corrected chi connectivity index (χ0v) is 17.1. The molecule has 1 aromatic carbocycles. The Hall–Kier alpha value is -2.08. The van der Waals surface area contributed by atoms with Crippen molar-refractivity contribution in [3.8, 4) is 0 Å². The van der Waals surface area contributed by atoms with Gasteiger partial charge in [-0.3, -0.25) is 4.79 Å². The van der Waals surface area contributed by atoms with Crippen LogP contribution in [-0.2, 0) is 9.53 Å². The van der Waals surface area contributed by atoms with Crippen LogP contribution < -0.4 is 10.6 Å². The maximum absolute atomic E-state index is 12.6. The van der Waals surface area contributed by atoms with Crippen LogP contribution in [0.3, 0.4) is 0 Å². The van der Waals surface area contributed by atoms with E-state index >= 15 is 0 Å². The van der Waals surface area contributed by atoms with Crippen molar-refractivity contribution in [2.75, 3.05) is 0 Å². The molecule has 0 saturated heterocycles. The van der Waals surface area contributed by atoms with Gasteiger partial charge in [0.25, 0.3) is 5.91 Å². The summed E-state index contributed by atoms with van der Waals surface area (Å²) in [5, 5.41) is 16.1. The molecule has 0 aliphatic carbocycles. The van der Waals surface area contributed by atoms with Crippen LogP contribution in [0.4, 0.5) is 4.79 Å². The predicted molar refractivity (Wildman–Crippen MR) is 106 cm³/mol. The molecular formula is C21H34N2O4. The molecule has 152 valence electrons. The van der Waals surface area contributed by atoms with E-state index in [1.807, 2.05) is 44.2 Å². The molecule has 1 rings (SSSR count). The number of carbonyl (C=O) groups is 2. The number of aliphatic hydroxyl groups is 1. The highest BCUT2D eigenvalue weighted by atomic mass is 16.6. The lowest BCUT2D eigenvalue weighted by molar-refractivity contribution is -0.131. The SMILES string of the molecule is CCCC[C@H](NC(=O)OC(C)(C)C)[C@H](O)C(=O)N[C@@H](CC)c1ccccc1. The van der Waals surface area contributed by atoms with Gasteiger partial charge in [0, 0.05) is 0 Å². The van der Waals surface area contributed by atoms with Crippen LogP contribution in [0, 0.1) is 0 Å². The summed E-state index contributed by atoms with van der Waals surface area (Å²) < 4.78 is 5.26. The topological polar surface area (TPSA) is 87.7 Å². The first-order valence-electron chi connectivity index (χ1n) is 9.70. The van der Waals surface area contributed by atoms with Crippen molar-refractivity contribution in [2.45, 2.75) is 84.1 Å². The minimum Gasteiger partial charge on any atom is -0.444 e. The summed E-state index contributed by atoms with van der Waals surface area (Å²) in [6, 6.07) is 8.72. The Morgan fingerprint density at radius 1 is 1.11 bits per heavy atom. The van der Waals surface area contributed by atoms with Gasteiger partial charge in [0.15, 0.2) is 6.10 Å². The Labute approximate surface area is 162 Å². The van der Waals surface area contributed by atoms with Gasteiger partial charge in [-0.2, -0.15) is 0 Å². The third kappa shape index (κ3) is 8.43. The molecule has 0 unspecified atom stereocenters. The van der Waals surface area contributed by atoms with E-state index in [1.165, 1.54) is 0 Å². The Morgan fingerprint density at radius 2 is 1.74 bits per heavy atom. The molecule has 1 aromatic rings. The lowest BCUT2D eigenvalue weighted by Gasteiger charge is -2.27. The zero-order chi connectivity index (χ0) is 20.4. The van der Waals surface area contributed by atoms with Gasteiger partial charge in [-0.05, 0) is 39.2 Å². The fraction of sp³-hybridized carbons (Fsp3) is 0.619. The number of hydrogen-bond acceptors (Lipinski definition) is 4. The van der Waals surface area contributed by atoms with Gasteiger partial charge >= 0.3 is 6.09 Å². The maximum atomic E-state index is 12.6. The third-order valence-electron chi connectivity index (χ3n) is 4.15. The maximum Gasteiger partial charge on any atom is 0.407 e. The van der Waals surface area contributed by atoms with Crippen LogP contribution in [0.1, 0.15) is 71.9 Å². The lowest BCUT2D eigenvalue weighted by atomic mass is 10.0. The Balaban J connectivity index is 2.79. The van der Waals surface area contributed by atoms with Crippen molar-refractivity contribution in [3.05, 3.63) is 35.9 Å². The standard InChI is InChI=1S/C21H34N2O4/c1-6-8-14-17(23-20(26)27-21(3,4)5)18(24)19(25)22-16(7-2)15-12-10-9-11-13-15/h9-13,16-18,24H,6-8,14H2,1-5H3,(H,22,25)(H,23,26)/t16-,17-,18-/m0/s1. The fourth-order valence-electron chi connectivity index (χ4n) is 2.74. The monoisotopic (exact) mass is 378 g/mol. The molecular weight excluding hydrogens is 344 g/mol. The first-order chi connectivity index (χ1) is 12.7. The van der Waals surface area contributed by atoms with E-state index in [1.54, 1.807) is 20.8 Å². The van der Waals surface area contributed by atoms with Gasteiger partial charge in [0.1, 0.15) is 5.60 Å². The average molecular weight is 379 g/mol. The Morgan fingerprint density at radius 3 is 2.26 bits per heavy atom. The molecule has 3 N–H and O–H groups in total. The van der Waals surface area contributed by atoms with E-state index in [9.17, 15) is 14.7 Å². The molecule has 0 spiro atoms. The molecule has 2 amide bonds. The molecule has 0 aliphatic rings. The van der Waals surface area contributed by atoms with Gasteiger partial charge in [-0.25, -0.2) is 4.79 Å². The third-order valence-corrected chi connectivity index (χ3v) is 4.15. The van der Waals surface area contributed by atoms with Crippen LogP contribution in [0.25, 0.3) is 0 Å². The highest BCUT2D eigenvalue weighted by Crippen LogP contribution is 2.17. The largest absolute Gasteiger partial charge is 0.444 e. The highest BCUT2D eigenvalue weighted by molar-refractivity contribution is 5.82. The number of carbonyl (C=O) groups excluding carboxylic acids is 2. The Kier molecular flexibility index (Phi) is 9.29. The minimum atomic E-state index is -1.35. The van der Waals surface area contributed by atoms with E-state index in [4.69, 9.17) is 4.74 Å². The second kappa shape index (κ2) is 10.9. The van der Waals surface area contributed by atoms with Crippen LogP contribution in [0.15, 0.2) is 30.3 Å². The summed E-state index contributed by atoms with van der Waals surface area (Å²) >= 11 is 0.